The van der Waals surface area contributed by atoms with E-state index in [9.17, 15) is 0 Å². The molecule has 3 heterocycles. The van der Waals surface area contributed by atoms with Gasteiger partial charge in [-0.1, -0.05) is 5.16 Å². The van der Waals surface area contributed by atoms with E-state index in [1.807, 2.05) is 0 Å². The molecule has 1 unspecified atom stereocenters. The van der Waals surface area contributed by atoms with Gasteiger partial charge in [-0.3, -0.25) is 0 Å². The number of nitrogens with one attached hydrogen (secondary N) is 1. The SMILES string of the molecule is CC1(c2nc(-c3ccc(N4CCCCC4)cc3)no2)CCCCN1. The molecule has 5 heteroatoms. The predicted molar refractivity (Wildman–Crippen MR) is 95.0 cm³/mol. The molecule has 1 atom stereocenters. The molecule has 0 spiro atoms. The quantitative estimate of drug-likeness (QED) is 0.932. The molecule has 2 saturated heterocycles. The molecule has 0 aliphatic carbocycles. The Morgan fingerprint density at radius 3 is 2.54 bits per heavy atom. The lowest BCUT2D eigenvalue weighted by molar-refractivity contribution is 0.207. The average molecular weight is 326 g/mol. The minimum Gasteiger partial charge on any atom is -0.372 e. The normalized spacial score (nSPS) is 25.0. The summed E-state index contributed by atoms with van der Waals surface area (Å²) in [4.78, 5) is 7.12. The van der Waals surface area contributed by atoms with Crippen molar-refractivity contribution in [3.05, 3.63) is 30.2 Å². The first kappa shape index (κ1) is 15.6. The third-order valence-electron chi connectivity index (χ3n) is 5.36. The first-order chi connectivity index (χ1) is 11.7. The second kappa shape index (κ2) is 6.55. The maximum atomic E-state index is 5.57. The fraction of sp³-hybridized carbons (Fsp3) is 0.579. The van der Waals surface area contributed by atoms with E-state index in [0.29, 0.717) is 11.7 Å². The largest absolute Gasteiger partial charge is 0.372 e. The Hall–Kier alpha value is -1.88. The van der Waals surface area contributed by atoms with E-state index in [4.69, 9.17) is 4.52 Å². The number of aromatic nitrogens is 2. The van der Waals surface area contributed by atoms with Crippen LogP contribution in [0.2, 0.25) is 0 Å². The van der Waals surface area contributed by atoms with E-state index in [1.54, 1.807) is 0 Å². The van der Waals surface area contributed by atoms with Gasteiger partial charge in [-0.25, -0.2) is 0 Å². The van der Waals surface area contributed by atoms with Crippen LogP contribution in [0.15, 0.2) is 28.8 Å². The Bertz CT molecular complexity index is 667. The Morgan fingerprint density at radius 2 is 1.83 bits per heavy atom. The molecule has 2 fully saturated rings. The first-order valence-corrected chi connectivity index (χ1v) is 9.19. The van der Waals surface area contributed by atoms with E-state index in [0.717, 1.165) is 31.6 Å². The molecule has 0 bridgehead atoms. The molecule has 2 aromatic rings. The number of piperidine rings is 2. The molecule has 0 radical (unpaired) electrons. The lowest BCUT2D eigenvalue weighted by Crippen LogP contribution is -2.43. The van der Waals surface area contributed by atoms with Crippen molar-refractivity contribution < 1.29 is 4.52 Å². The van der Waals surface area contributed by atoms with E-state index >= 15 is 0 Å². The van der Waals surface area contributed by atoms with Crippen LogP contribution in [0, 0.1) is 0 Å². The van der Waals surface area contributed by atoms with Crippen LogP contribution in [-0.4, -0.2) is 29.8 Å². The standard InChI is InChI=1S/C19H26N4O/c1-19(11-3-4-12-20-19)18-21-17(22-24-18)15-7-9-16(10-8-15)23-13-5-2-6-14-23/h7-10,20H,2-6,11-14H2,1H3. The predicted octanol–water partition coefficient (Wildman–Crippen LogP) is 3.72. The highest BCUT2D eigenvalue weighted by Crippen LogP contribution is 2.30. The Balaban J connectivity index is 1.51. The van der Waals surface area contributed by atoms with E-state index in [1.165, 1.54) is 37.8 Å². The monoisotopic (exact) mass is 326 g/mol. The summed E-state index contributed by atoms with van der Waals surface area (Å²) in [6.07, 6.45) is 7.40. The molecule has 2 aliphatic heterocycles. The van der Waals surface area contributed by atoms with Crippen molar-refractivity contribution >= 4 is 5.69 Å². The molecular weight excluding hydrogens is 300 g/mol. The van der Waals surface area contributed by atoms with Gasteiger partial charge in [0, 0.05) is 24.3 Å². The molecule has 0 amide bonds. The van der Waals surface area contributed by atoms with Crippen LogP contribution in [0.4, 0.5) is 5.69 Å². The zero-order valence-electron chi connectivity index (χ0n) is 14.4. The summed E-state index contributed by atoms with van der Waals surface area (Å²) in [5.41, 5.74) is 2.13. The summed E-state index contributed by atoms with van der Waals surface area (Å²) in [6, 6.07) is 8.57. The number of nitrogens with zero attached hydrogens (tertiary/aromatic N) is 3. The maximum Gasteiger partial charge on any atom is 0.246 e. The Labute approximate surface area is 143 Å². The van der Waals surface area contributed by atoms with Crippen molar-refractivity contribution in [3.8, 4) is 11.4 Å². The zero-order valence-corrected chi connectivity index (χ0v) is 14.4. The third kappa shape index (κ3) is 3.05. The third-order valence-corrected chi connectivity index (χ3v) is 5.36. The van der Waals surface area contributed by atoms with Crippen molar-refractivity contribution in [2.45, 2.75) is 51.0 Å². The Morgan fingerprint density at radius 1 is 1.04 bits per heavy atom. The fourth-order valence-electron chi connectivity index (χ4n) is 3.78. The summed E-state index contributed by atoms with van der Waals surface area (Å²) < 4.78 is 5.57. The van der Waals surface area contributed by atoms with Crippen LogP contribution in [0.25, 0.3) is 11.4 Å². The van der Waals surface area contributed by atoms with Gasteiger partial charge in [-0.15, -0.1) is 0 Å². The molecule has 2 aliphatic rings. The second-order valence-corrected chi connectivity index (χ2v) is 7.23. The molecule has 1 aromatic heterocycles. The maximum absolute atomic E-state index is 5.57. The molecular formula is C19H26N4O. The van der Waals surface area contributed by atoms with Gasteiger partial charge < -0.3 is 14.7 Å². The zero-order chi connectivity index (χ0) is 16.4. The van der Waals surface area contributed by atoms with Crippen LogP contribution < -0.4 is 10.2 Å². The lowest BCUT2D eigenvalue weighted by Gasteiger charge is -2.31. The highest BCUT2D eigenvalue weighted by Gasteiger charge is 2.34. The van der Waals surface area contributed by atoms with Crippen LogP contribution in [0.3, 0.4) is 0 Å². The number of benzene rings is 1. The van der Waals surface area contributed by atoms with Crippen LogP contribution >= 0.6 is 0 Å². The van der Waals surface area contributed by atoms with Crippen LogP contribution in [0.1, 0.15) is 51.3 Å². The molecule has 1 aromatic carbocycles. The van der Waals surface area contributed by atoms with Gasteiger partial charge in [-0.05, 0) is 76.3 Å². The van der Waals surface area contributed by atoms with Crippen molar-refractivity contribution in [2.75, 3.05) is 24.5 Å². The second-order valence-electron chi connectivity index (χ2n) is 7.23. The minimum atomic E-state index is -0.183. The number of hydrogen-bond acceptors (Lipinski definition) is 5. The van der Waals surface area contributed by atoms with Gasteiger partial charge in [0.25, 0.3) is 0 Å². The Kier molecular flexibility index (Phi) is 4.27. The number of rotatable bonds is 3. The molecule has 128 valence electrons. The number of anilines is 1. The van der Waals surface area contributed by atoms with Crippen molar-refractivity contribution in [1.82, 2.24) is 15.5 Å². The summed E-state index contributed by atoms with van der Waals surface area (Å²) >= 11 is 0. The van der Waals surface area contributed by atoms with Gasteiger partial charge in [0.15, 0.2) is 0 Å². The van der Waals surface area contributed by atoms with E-state index in [-0.39, 0.29) is 5.54 Å². The smallest absolute Gasteiger partial charge is 0.246 e. The highest BCUT2D eigenvalue weighted by molar-refractivity contribution is 5.60. The molecule has 1 N–H and O–H groups in total. The summed E-state index contributed by atoms with van der Waals surface area (Å²) in [6.45, 7) is 5.49. The van der Waals surface area contributed by atoms with Crippen LogP contribution in [0.5, 0.6) is 0 Å². The summed E-state index contributed by atoms with van der Waals surface area (Å²) in [7, 11) is 0. The summed E-state index contributed by atoms with van der Waals surface area (Å²) in [5, 5.41) is 7.74. The summed E-state index contributed by atoms with van der Waals surface area (Å²) in [5.74, 6) is 1.39. The topological polar surface area (TPSA) is 54.2 Å². The van der Waals surface area contributed by atoms with E-state index < -0.39 is 0 Å². The lowest BCUT2D eigenvalue weighted by atomic mass is 9.91. The van der Waals surface area contributed by atoms with Gasteiger partial charge in [0.1, 0.15) is 0 Å². The van der Waals surface area contributed by atoms with Gasteiger partial charge in [0.05, 0.1) is 5.54 Å². The van der Waals surface area contributed by atoms with E-state index in [2.05, 4.69) is 51.5 Å². The van der Waals surface area contributed by atoms with Crippen molar-refractivity contribution in [2.24, 2.45) is 0 Å². The molecule has 0 saturated carbocycles. The first-order valence-electron chi connectivity index (χ1n) is 9.19. The van der Waals surface area contributed by atoms with Crippen LogP contribution in [-0.2, 0) is 5.54 Å². The average Bonchev–Trinajstić information content (AvgIpc) is 3.14. The van der Waals surface area contributed by atoms with Gasteiger partial charge in [0.2, 0.25) is 11.7 Å². The minimum absolute atomic E-state index is 0.183. The molecule has 24 heavy (non-hydrogen) atoms. The van der Waals surface area contributed by atoms with Gasteiger partial charge in [-0.2, -0.15) is 4.98 Å². The fourth-order valence-corrected chi connectivity index (χ4v) is 3.78. The van der Waals surface area contributed by atoms with Gasteiger partial charge >= 0.3 is 0 Å². The highest BCUT2D eigenvalue weighted by atomic mass is 16.5. The number of hydrogen-bond donors (Lipinski definition) is 1. The van der Waals surface area contributed by atoms with Crippen molar-refractivity contribution in [3.63, 3.8) is 0 Å². The molecule has 5 nitrogen and oxygen atoms in total. The van der Waals surface area contributed by atoms with Crippen molar-refractivity contribution in [1.29, 1.82) is 0 Å². The molecule has 4 rings (SSSR count).